The van der Waals surface area contributed by atoms with Crippen molar-refractivity contribution in [3.05, 3.63) is 65.1 Å². The van der Waals surface area contributed by atoms with Gasteiger partial charge in [0, 0.05) is 11.3 Å². The van der Waals surface area contributed by atoms with Gasteiger partial charge in [-0.3, -0.25) is 20.0 Å². The number of thioether (sulfide) groups is 2. The van der Waals surface area contributed by atoms with Crippen LogP contribution in [0.25, 0.3) is 17.5 Å². The largest absolute Gasteiger partial charge is 0.493 e. The zero-order valence-corrected chi connectivity index (χ0v) is 16.8. The fourth-order valence-electron chi connectivity index (χ4n) is 2.56. The number of benzene rings is 2. The molecule has 0 radical (unpaired) electrons. The Labute approximate surface area is 175 Å². The Morgan fingerprint density at radius 2 is 1.86 bits per heavy atom. The summed E-state index contributed by atoms with van der Waals surface area (Å²) >= 11 is 2.41. The molecule has 2 N–H and O–H groups in total. The number of carbonyl (C=O) groups is 2. The van der Waals surface area contributed by atoms with Crippen LogP contribution < -0.4 is 10.1 Å². The van der Waals surface area contributed by atoms with Crippen LogP contribution in [0.2, 0.25) is 0 Å². The molecule has 0 aliphatic carbocycles. The van der Waals surface area contributed by atoms with E-state index < -0.39 is 0 Å². The number of nitrogens with zero attached hydrogens (tertiary/aromatic N) is 2. The van der Waals surface area contributed by atoms with Crippen molar-refractivity contribution < 1.29 is 14.3 Å². The van der Waals surface area contributed by atoms with Crippen LogP contribution in [-0.4, -0.2) is 38.7 Å². The summed E-state index contributed by atoms with van der Waals surface area (Å²) in [5.41, 5.74) is 1.82. The van der Waals surface area contributed by atoms with Gasteiger partial charge in [-0.05, 0) is 35.5 Å². The molecule has 9 heteroatoms. The van der Waals surface area contributed by atoms with Gasteiger partial charge in [-0.2, -0.15) is 0 Å². The van der Waals surface area contributed by atoms with E-state index in [4.69, 9.17) is 4.74 Å². The topological polar surface area (TPSA) is 97.0 Å². The number of H-pyrrole nitrogens is 1. The third-order valence-corrected chi connectivity index (χ3v) is 5.54. The molecule has 1 fully saturated rings. The van der Waals surface area contributed by atoms with Crippen LogP contribution in [0.4, 0.5) is 4.79 Å². The van der Waals surface area contributed by atoms with Crippen molar-refractivity contribution in [1.82, 2.24) is 20.5 Å². The Hall–Kier alpha value is -3.04. The van der Waals surface area contributed by atoms with Crippen LogP contribution >= 0.6 is 23.5 Å². The summed E-state index contributed by atoms with van der Waals surface area (Å²) in [7, 11) is 0. The summed E-state index contributed by atoms with van der Waals surface area (Å²) in [5.74, 6) is 1.82. The lowest BCUT2D eigenvalue weighted by atomic mass is 10.2. The van der Waals surface area contributed by atoms with Gasteiger partial charge >= 0.3 is 0 Å². The van der Waals surface area contributed by atoms with Gasteiger partial charge in [-0.25, -0.2) is 4.98 Å². The second kappa shape index (κ2) is 8.97. The van der Waals surface area contributed by atoms with Crippen molar-refractivity contribution in [2.45, 2.75) is 5.16 Å². The normalized spacial score (nSPS) is 15.0. The molecule has 0 spiro atoms. The van der Waals surface area contributed by atoms with E-state index in [1.54, 1.807) is 6.08 Å². The Kier molecular flexibility index (Phi) is 5.97. The number of hydrogen-bond donors (Lipinski definition) is 2. The van der Waals surface area contributed by atoms with Gasteiger partial charge in [0.25, 0.3) is 11.1 Å². The van der Waals surface area contributed by atoms with Crippen molar-refractivity contribution in [2.24, 2.45) is 0 Å². The number of nitrogens with one attached hydrogen (secondary N) is 2. The molecule has 2 aromatic carbocycles. The lowest BCUT2D eigenvalue weighted by molar-refractivity contribution is -0.115. The lowest BCUT2D eigenvalue weighted by Gasteiger charge is -2.05. The molecule has 0 unspecified atom stereocenters. The Morgan fingerprint density at radius 3 is 2.59 bits per heavy atom. The highest BCUT2D eigenvalue weighted by Crippen LogP contribution is 2.26. The monoisotopic (exact) mass is 424 g/mol. The summed E-state index contributed by atoms with van der Waals surface area (Å²) in [6, 6.07) is 17.2. The maximum atomic E-state index is 11.6. The smallest absolute Gasteiger partial charge is 0.290 e. The molecule has 1 aromatic heterocycles. The van der Waals surface area contributed by atoms with Crippen molar-refractivity contribution in [2.75, 3.05) is 12.4 Å². The van der Waals surface area contributed by atoms with Gasteiger partial charge in [0.1, 0.15) is 5.75 Å². The SMILES string of the molecule is O=C1NC(=O)/C(=C/c2ccc(OCCSc3n[nH]c(-c4ccccc4)n3)cc2)S1. The summed E-state index contributed by atoms with van der Waals surface area (Å²) in [4.78, 5) is 27.6. The first-order valence-electron chi connectivity index (χ1n) is 8.76. The third kappa shape index (κ3) is 5.07. The van der Waals surface area contributed by atoms with Crippen molar-refractivity contribution >= 4 is 40.7 Å². The Balaban J connectivity index is 1.25. The zero-order valence-electron chi connectivity index (χ0n) is 15.1. The molecule has 4 rings (SSSR count). The van der Waals surface area contributed by atoms with E-state index in [1.807, 2.05) is 54.6 Å². The molecule has 29 heavy (non-hydrogen) atoms. The molecular formula is C20H16N4O3S2. The van der Waals surface area contributed by atoms with Crippen LogP contribution in [-0.2, 0) is 4.79 Å². The molecule has 7 nitrogen and oxygen atoms in total. The minimum Gasteiger partial charge on any atom is -0.493 e. The van der Waals surface area contributed by atoms with E-state index >= 15 is 0 Å². The molecule has 0 bridgehead atoms. The summed E-state index contributed by atoms with van der Waals surface area (Å²) in [6.45, 7) is 0.507. The van der Waals surface area contributed by atoms with E-state index in [0.717, 1.165) is 34.5 Å². The van der Waals surface area contributed by atoms with Gasteiger partial charge in [0.15, 0.2) is 5.82 Å². The first-order valence-corrected chi connectivity index (χ1v) is 10.6. The molecule has 2 heterocycles. The second-order valence-corrected chi connectivity index (χ2v) is 8.03. The first kappa shape index (κ1) is 19.3. The van der Waals surface area contributed by atoms with Crippen LogP contribution in [0.5, 0.6) is 5.75 Å². The highest BCUT2D eigenvalue weighted by atomic mass is 32.2. The average molecular weight is 425 g/mol. The van der Waals surface area contributed by atoms with E-state index in [1.165, 1.54) is 11.8 Å². The van der Waals surface area contributed by atoms with Crippen LogP contribution in [0, 0.1) is 0 Å². The number of carbonyl (C=O) groups excluding carboxylic acids is 2. The van der Waals surface area contributed by atoms with Crippen molar-refractivity contribution in [3.8, 4) is 17.1 Å². The highest BCUT2D eigenvalue weighted by molar-refractivity contribution is 8.18. The molecule has 0 saturated carbocycles. The quantitative estimate of drug-likeness (QED) is 0.336. The summed E-state index contributed by atoms with van der Waals surface area (Å²) in [6.07, 6.45) is 1.68. The number of ether oxygens (including phenoxy) is 1. The van der Waals surface area contributed by atoms with E-state index in [-0.39, 0.29) is 11.1 Å². The molecule has 2 amide bonds. The maximum Gasteiger partial charge on any atom is 0.290 e. The predicted octanol–water partition coefficient (Wildman–Crippen LogP) is 3.97. The van der Waals surface area contributed by atoms with Gasteiger partial charge in [0.2, 0.25) is 5.16 Å². The van der Waals surface area contributed by atoms with E-state index in [2.05, 4.69) is 20.5 Å². The zero-order chi connectivity index (χ0) is 20.1. The van der Waals surface area contributed by atoms with Crippen molar-refractivity contribution in [3.63, 3.8) is 0 Å². The van der Waals surface area contributed by atoms with E-state index in [0.29, 0.717) is 22.4 Å². The number of amides is 2. The minimum atomic E-state index is -0.361. The number of aromatic nitrogens is 3. The Morgan fingerprint density at radius 1 is 1.07 bits per heavy atom. The van der Waals surface area contributed by atoms with Crippen LogP contribution in [0.3, 0.4) is 0 Å². The Bertz CT molecular complexity index is 1050. The van der Waals surface area contributed by atoms with Gasteiger partial charge in [-0.1, -0.05) is 54.2 Å². The number of aromatic amines is 1. The summed E-state index contributed by atoms with van der Waals surface area (Å²) < 4.78 is 5.74. The molecule has 3 aromatic rings. The summed E-state index contributed by atoms with van der Waals surface area (Å²) in [5, 5.41) is 9.72. The average Bonchev–Trinajstić information content (AvgIpc) is 3.33. The molecular weight excluding hydrogens is 408 g/mol. The molecule has 1 saturated heterocycles. The minimum absolute atomic E-state index is 0.346. The predicted molar refractivity (Wildman–Crippen MR) is 114 cm³/mol. The lowest BCUT2D eigenvalue weighted by Crippen LogP contribution is -2.17. The van der Waals surface area contributed by atoms with Crippen molar-refractivity contribution in [1.29, 1.82) is 0 Å². The van der Waals surface area contributed by atoms with Gasteiger partial charge in [-0.15, -0.1) is 5.10 Å². The molecule has 1 aliphatic rings. The van der Waals surface area contributed by atoms with Crippen LogP contribution in [0.15, 0.2) is 64.7 Å². The highest BCUT2D eigenvalue weighted by Gasteiger charge is 2.24. The fourth-order valence-corrected chi connectivity index (χ4v) is 3.86. The third-order valence-electron chi connectivity index (χ3n) is 3.92. The molecule has 0 atom stereocenters. The second-order valence-electron chi connectivity index (χ2n) is 5.95. The number of hydrogen-bond acceptors (Lipinski definition) is 7. The molecule has 146 valence electrons. The van der Waals surface area contributed by atoms with Gasteiger partial charge in [0.05, 0.1) is 11.5 Å². The van der Waals surface area contributed by atoms with E-state index in [9.17, 15) is 9.59 Å². The first-order chi connectivity index (χ1) is 14.2. The fraction of sp³-hybridized carbons (Fsp3) is 0.100. The van der Waals surface area contributed by atoms with Crippen LogP contribution in [0.1, 0.15) is 5.56 Å². The maximum absolute atomic E-state index is 11.6. The standard InChI is InChI=1S/C20H16N4O3S2/c25-18-16(29-20(26)22-18)12-13-6-8-15(9-7-13)27-10-11-28-19-21-17(23-24-19)14-4-2-1-3-5-14/h1-9,12H,10-11H2,(H,21,23,24)(H,22,25,26)/b16-12-. The van der Waals surface area contributed by atoms with Gasteiger partial charge < -0.3 is 4.74 Å². The molecule has 1 aliphatic heterocycles. The number of imide groups is 1. The number of rotatable bonds is 7.